The third-order valence-corrected chi connectivity index (χ3v) is 2.59. The average Bonchev–Trinajstić information content (AvgIpc) is 2.86. The molecule has 1 saturated carbocycles. The van der Waals surface area contributed by atoms with Crippen LogP contribution in [0.5, 0.6) is 5.75 Å². The maximum atomic E-state index is 13.6. The summed E-state index contributed by atoms with van der Waals surface area (Å²) in [6.07, 6.45) is 0.956. The van der Waals surface area contributed by atoms with Crippen molar-refractivity contribution in [1.29, 1.82) is 0 Å². The molecule has 4 heteroatoms. The third kappa shape index (κ3) is 2.86. The van der Waals surface area contributed by atoms with Gasteiger partial charge < -0.3 is 10.5 Å². The molecule has 1 aliphatic carbocycles. The van der Waals surface area contributed by atoms with E-state index in [2.05, 4.69) is 0 Å². The molecule has 0 saturated heterocycles. The van der Waals surface area contributed by atoms with E-state index in [-0.39, 0.29) is 30.4 Å². The lowest BCUT2D eigenvalue weighted by molar-refractivity contribution is 0.231. The molecule has 16 heavy (non-hydrogen) atoms. The second-order valence-electron chi connectivity index (χ2n) is 4.36. The van der Waals surface area contributed by atoms with Crippen LogP contribution < -0.4 is 10.5 Å². The zero-order valence-corrected chi connectivity index (χ0v) is 10.3. The van der Waals surface area contributed by atoms with Gasteiger partial charge in [-0.15, -0.1) is 12.4 Å². The minimum atomic E-state index is -0.291. The van der Waals surface area contributed by atoms with Gasteiger partial charge in [0.25, 0.3) is 0 Å². The lowest BCUT2D eigenvalue weighted by Crippen LogP contribution is -2.07. The van der Waals surface area contributed by atoms with Crippen LogP contribution in [0.2, 0.25) is 0 Å². The van der Waals surface area contributed by atoms with E-state index in [4.69, 9.17) is 10.5 Å². The van der Waals surface area contributed by atoms with E-state index >= 15 is 0 Å². The third-order valence-electron chi connectivity index (χ3n) is 2.59. The summed E-state index contributed by atoms with van der Waals surface area (Å²) in [6.45, 7) is 3.76. The van der Waals surface area contributed by atoms with E-state index < -0.39 is 0 Å². The molecule has 2 rings (SSSR count). The predicted molar refractivity (Wildman–Crippen MR) is 64.7 cm³/mol. The minimum absolute atomic E-state index is 0. The Balaban J connectivity index is 0.00000128. The molecule has 1 aliphatic rings. The summed E-state index contributed by atoms with van der Waals surface area (Å²) in [5, 5.41) is 0. The number of rotatable bonds is 3. The summed E-state index contributed by atoms with van der Waals surface area (Å²) in [7, 11) is 0. The standard InChI is InChI=1S/C12H16FNO.ClH/c1-7(2)15-12-4-3-8(5-10(12)13)9-6-11(9)14;/h3-5,7,9,11H,6,14H2,1-2H3;1H. The average molecular weight is 246 g/mol. The summed E-state index contributed by atoms with van der Waals surface area (Å²) in [6, 6.07) is 5.34. The maximum absolute atomic E-state index is 13.6. The molecule has 0 amide bonds. The molecule has 2 atom stereocenters. The summed E-state index contributed by atoms with van der Waals surface area (Å²) in [5.41, 5.74) is 6.70. The van der Waals surface area contributed by atoms with Crippen LogP contribution in [0.4, 0.5) is 4.39 Å². The highest BCUT2D eigenvalue weighted by molar-refractivity contribution is 5.85. The van der Waals surface area contributed by atoms with E-state index in [1.807, 2.05) is 19.9 Å². The highest BCUT2D eigenvalue weighted by Crippen LogP contribution is 2.40. The van der Waals surface area contributed by atoms with Gasteiger partial charge in [0.05, 0.1) is 6.10 Å². The molecule has 2 N–H and O–H groups in total. The highest BCUT2D eigenvalue weighted by atomic mass is 35.5. The van der Waals surface area contributed by atoms with Gasteiger partial charge in [-0.25, -0.2) is 4.39 Å². The maximum Gasteiger partial charge on any atom is 0.165 e. The van der Waals surface area contributed by atoms with Crippen molar-refractivity contribution in [2.24, 2.45) is 5.73 Å². The van der Waals surface area contributed by atoms with Crippen molar-refractivity contribution >= 4 is 12.4 Å². The predicted octanol–water partition coefficient (Wildman–Crippen LogP) is 2.85. The van der Waals surface area contributed by atoms with Gasteiger partial charge in [0.2, 0.25) is 0 Å². The molecule has 0 aliphatic heterocycles. The largest absolute Gasteiger partial charge is 0.488 e. The molecular formula is C12H17ClFNO. The SMILES string of the molecule is CC(C)Oc1ccc(C2CC2N)cc1F.Cl. The fourth-order valence-electron chi connectivity index (χ4n) is 1.70. The van der Waals surface area contributed by atoms with Gasteiger partial charge in [-0.3, -0.25) is 0 Å². The number of benzene rings is 1. The van der Waals surface area contributed by atoms with Crippen LogP contribution in [0.15, 0.2) is 18.2 Å². The Kier molecular flexibility index (Phi) is 4.16. The molecule has 0 spiro atoms. The molecule has 0 radical (unpaired) electrons. The Bertz CT molecular complexity index is 370. The van der Waals surface area contributed by atoms with Gasteiger partial charge in [0.1, 0.15) is 0 Å². The smallest absolute Gasteiger partial charge is 0.165 e. The first-order valence-electron chi connectivity index (χ1n) is 5.29. The Morgan fingerprint density at radius 1 is 1.44 bits per heavy atom. The van der Waals surface area contributed by atoms with E-state index in [0.717, 1.165) is 12.0 Å². The molecule has 1 fully saturated rings. The van der Waals surface area contributed by atoms with Crippen molar-refractivity contribution in [2.75, 3.05) is 0 Å². The van der Waals surface area contributed by atoms with Crippen molar-refractivity contribution in [3.63, 3.8) is 0 Å². The van der Waals surface area contributed by atoms with E-state index in [9.17, 15) is 4.39 Å². The molecule has 2 nitrogen and oxygen atoms in total. The van der Waals surface area contributed by atoms with Crippen LogP contribution in [0, 0.1) is 5.82 Å². The fourth-order valence-corrected chi connectivity index (χ4v) is 1.70. The number of halogens is 2. The van der Waals surface area contributed by atoms with Crippen LogP contribution in [-0.4, -0.2) is 12.1 Å². The van der Waals surface area contributed by atoms with Crippen LogP contribution in [0.1, 0.15) is 31.7 Å². The monoisotopic (exact) mass is 245 g/mol. The second-order valence-corrected chi connectivity index (χ2v) is 4.36. The molecule has 1 aromatic rings. The molecule has 1 aromatic carbocycles. The summed E-state index contributed by atoms with van der Waals surface area (Å²) in [5.74, 6) is 0.371. The van der Waals surface area contributed by atoms with Gasteiger partial charge in [0.15, 0.2) is 11.6 Å². The first kappa shape index (κ1) is 13.3. The van der Waals surface area contributed by atoms with Crippen LogP contribution in [0.3, 0.4) is 0 Å². The topological polar surface area (TPSA) is 35.2 Å². The zero-order valence-electron chi connectivity index (χ0n) is 9.44. The molecular weight excluding hydrogens is 229 g/mol. The van der Waals surface area contributed by atoms with Gasteiger partial charge in [-0.05, 0) is 38.0 Å². The van der Waals surface area contributed by atoms with Crippen molar-refractivity contribution in [2.45, 2.75) is 38.3 Å². The Morgan fingerprint density at radius 3 is 2.50 bits per heavy atom. The van der Waals surface area contributed by atoms with E-state index in [1.54, 1.807) is 6.07 Å². The molecule has 90 valence electrons. The number of ether oxygens (including phenoxy) is 1. The Morgan fingerprint density at radius 2 is 2.06 bits per heavy atom. The van der Waals surface area contributed by atoms with Gasteiger partial charge in [0, 0.05) is 12.0 Å². The van der Waals surface area contributed by atoms with Crippen molar-refractivity contribution < 1.29 is 9.13 Å². The van der Waals surface area contributed by atoms with Crippen molar-refractivity contribution in [3.05, 3.63) is 29.6 Å². The van der Waals surface area contributed by atoms with Gasteiger partial charge >= 0.3 is 0 Å². The molecule has 2 unspecified atom stereocenters. The molecule has 0 aromatic heterocycles. The van der Waals surface area contributed by atoms with Gasteiger partial charge in [-0.2, -0.15) is 0 Å². The first-order valence-corrected chi connectivity index (χ1v) is 5.29. The number of hydrogen-bond donors (Lipinski definition) is 1. The minimum Gasteiger partial charge on any atom is -0.488 e. The van der Waals surface area contributed by atoms with Crippen LogP contribution >= 0.6 is 12.4 Å². The molecule has 0 heterocycles. The lowest BCUT2D eigenvalue weighted by Gasteiger charge is -2.11. The van der Waals surface area contributed by atoms with Gasteiger partial charge in [-0.1, -0.05) is 6.07 Å². The summed E-state index contributed by atoms with van der Waals surface area (Å²) >= 11 is 0. The van der Waals surface area contributed by atoms with Crippen molar-refractivity contribution in [1.82, 2.24) is 0 Å². The van der Waals surface area contributed by atoms with E-state index in [0.29, 0.717) is 11.7 Å². The van der Waals surface area contributed by atoms with Crippen molar-refractivity contribution in [3.8, 4) is 5.75 Å². The lowest BCUT2D eigenvalue weighted by atomic mass is 10.1. The Hall–Kier alpha value is -0.800. The quantitative estimate of drug-likeness (QED) is 0.889. The first-order chi connectivity index (χ1) is 7.08. The normalized spacial score (nSPS) is 22.8. The highest BCUT2D eigenvalue weighted by Gasteiger charge is 2.35. The molecule has 0 bridgehead atoms. The Labute approximate surface area is 101 Å². The number of hydrogen-bond acceptors (Lipinski definition) is 2. The fraction of sp³-hybridized carbons (Fsp3) is 0.500. The summed E-state index contributed by atoms with van der Waals surface area (Å²) < 4.78 is 18.9. The van der Waals surface area contributed by atoms with Crippen LogP contribution in [-0.2, 0) is 0 Å². The summed E-state index contributed by atoms with van der Waals surface area (Å²) in [4.78, 5) is 0. The second kappa shape index (κ2) is 5.02. The zero-order chi connectivity index (χ0) is 11.0. The number of nitrogens with two attached hydrogens (primary N) is 1. The van der Waals surface area contributed by atoms with Crippen LogP contribution in [0.25, 0.3) is 0 Å². The van der Waals surface area contributed by atoms with E-state index in [1.165, 1.54) is 6.07 Å².